The van der Waals surface area contributed by atoms with Crippen LogP contribution in [0.2, 0.25) is 0 Å². The molecule has 21 heavy (non-hydrogen) atoms. The molecule has 4 heteroatoms. The molecule has 0 spiro atoms. The number of carbonyl (C=O) groups is 2. The van der Waals surface area contributed by atoms with E-state index >= 15 is 0 Å². The Balaban J connectivity index is 1.70. The Labute approximate surface area is 125 Å². The summed E-state index contributed by atoms with van der Waals surface area (Å²) in [5.41, 5.74) is 3.54. The molecular formula is C17H22N2O2. The van der Waals surface area contributed by atoms with E-state index in [0.717, 1.165) is 18.4 Å². The third kappa shape index (κ3) is 2.94. The van der Waals surface area contributed by atoms with Crippen LogP contribution < -0.4 is 0 Å². The summed E-state index contributed by atoms with van der Waals surface area (Å²) in [4.78, 5) is 27.6. The SMILES string of the molecule is CC(=O)N1CCN(C(=O)c2ccc3c(c2)CCCC3)CC1. The lowest BCUT2D eigenvalue weighted by atomic mass is 9.90. The molecule has 0 atom stereocenters. The van der Waals surface area contributed by atoms with Crippen molar-refractivity contribution < 1.29 is 9.59 Å². The van der Waals surface area contributed by atoms with E-state index in [1.54, 1.807) is 11.8 Å². The van der Waals surface area contributed by atoms with Gasteiger partial charge >= 0.3 is 0 Å². The summed E-state index contributed by atoms with van der Waals surface area (Å²) in [6, 6.07) is 6.16. The second-order valence-electron chi connectivity index (χ2n) is 5.99. The molecule has 2 amide bonds. The quantitative estimate of drug-likeness (QED) is 0.791. The molecule has 1 aliphatic heterocycles. The maximum Gasteiger partial charge on any atom is 0.253 e. The molecule has 4 nitrogen and oxygen atoms in total. The van der Waals surface area contributed by atoms with E-state index in [1.807, 2.05) is 11.0 Å². The Hall–Kier alpha value is -1.84. The smallest absolute Gasteiger partial charge is 0.253 e. The van der Waals surface area contributed by atoms with Gasteiger partial charge in [-0.25, -0.2) is 0 Å². The number of rotatable bonds is 1. The third-order valence-corrected chi connectivity index (χ3v) is 4.61. The van der Waals surface area contributed by atoms with Gasteiger partial charge in [-0.05, 0) is 48.9 Å². The van der Waals surface area contributed by atoms with Crippen LogP contribution in [0.3, 0.4) is 0 Å². The molecule has 0 saturated carbocycles. The lowest BCUT2D eigenvalue weighted by molar-refractivity contribution is -0.130. The number of nitrogens with zero attached hydrogens (tertiary/aromatic N) is 2. The molecule has 2 aliphatic rings. The molecule has 0 N–H and O–H groups in total. The Kier molecular flexibility index (Phi) is 3.95. The highest BCUT2D eigenvalue weighted by Crippen LogP contribution is 2.23. The fourth-order valence-electron chi connectivity index (χ4n) is 3.27. The van der Waals surface area contributed by atoms with Crippen LogP contribution in [0.4, 0.5) is 0 Å². The number of fused-ring (bicyclic) bond motifs is 1. The van der Waals surface area contributed by atoms with Crippen molar-refractivity contribution in [2.45, 2.75) is 32.6 Å². The Morgan fingerprint density at radius 3 is 2.19 bits per heavy atom. The fraction of sp³-hybridized carbons (Fsp3) is 0.529. The maximum atomic E-state index is 12.6. The Bertz CT molecular complexity index is 560. The number of hydrogen-bond donors (Lipinski definition) is 0. The Morgan fingerprint density at radius 1 is 0.905 bits per heavy atom. The molecule has 0 unspecified atom stereocenters. The number of piperazine rings is 1. The molecule has 1 heterocycles. The third-order valence-electron chi connectivity index (χ3n) is 4.61. The standard InChI is InChI=1S/C17H22N2O2/c1-13(20)18-8-10-19(11-9-18)17(21)16-7-6-14-4-2-3-5-15(14)12-16/h6-7,12H,2-5,8-11H2,1H3. The summed E-state index contributed by atoms with van der Waals surface area (Å²) >= 11 is 0. The van der Waals surface area contributed by atoms with E-state index in [9.17, 15) is 9.59 Å². The molecule has 1 aliphatic carbocycles. The van der Waals surface area contributed by atoms with Gasteiger partial charge in [0.25, 0.3) is 5.91 Å². The molecular weight excluding hydrogens is 264 g/mol. The topological polar surface area (TPSA) is 40.6 Å². The molecule has 0 bridgehead atoms. The van der Waals surface area contributed by atoms with Crippen molar-refractivity contribution in [2.24, 2.45) is 0 Å². The first-order chi connectivity index (χ1) is 10.1. The van der Waals surface area contributed by atoms with Gasteiger partial charge in [-0.15, -0.1) is 0 Å². The van der Waals surface area contributed by atoms with E-state index in [4.69, 9.17) is 0 Å². The van der Waals surface area contributed by atoms with Crippen LogP contribution >= 0.6 is 0 Å². The van der Waals surface area contributed by atoms with Crippen molar-refractivity contribution in [1.82, 2.24) is 9.80 Å². The van der Waals surface area contributed by atoms with Gasteiger partial charge in [0.15, 0.2) is 0 Å². The van der Waals surface area contributed by atoms with Gasteiger partial charge in [-0.2, -0.15) is 0 Å². The molecule has 112 valence electrons. The fourth-order valence-corrected chi connectivity index (χ4v) is 3.27. The van der Waals surface area contributed by atoms with Gasteiger partial charge in [0.1, 0.15) is 0 Å². The minimum absolute atomic E-state index is 0.0934. The summed E-state index contributed by atoms with van der Waals surface area (Å²) < 4.78 is 0. The zero-order valence-electron chi connectivity index (χ0n) is 12.6. The van der Waals surface area contributed by atoms with E-state index in [0.29, 0.717) is 26.2 Å². The van der Waals surface area contributed by atoms with Gasteiger partial charge in [-0.1, -0.05) is 6.07 Å². The van der Waals surface area contributed by atoms with E-state index in [-0.39, 0.29) is 11.8 Å². The largest absolute Gasteiger partial charge is 0.339 e. The number of amides is 2. The number of benzene rings is 1. The predicted molar refractivity (Wildman–Crippen MR) is 81.2 cm³/mol. The average Bonchev–Trinajstić information content (AvgIpc) is 2.54. The van der Waals surface area contributed by atoms with Crippen molar-refractivity contribution >= 4 is 11.8 Å². The van der Waals surface area contributed by atoms with Crippen LogP contribution in [0, 0.1) is 0 Å². The van der Waals surface area contributed by atoms with Crippen LogP contribution in [0.1, 0.15) is 41.3 Å². The summed E-state index contributed by atoms with van der Waals surface area (Å²) in [5, 5.41) is 0. The first kappa shape index (κ1) is 14.1. The summed E-state index contributed by atoms with van der Waals surface area (Å²) in [6.07, 6.45) is 4.71. The minimum atomic E-state index is 0.0934. The van der Waals surface area contributed by atoms with Crippen LogP contribution in [0.25, 0.3) is 0 Å². The number of aryl methyl sites for hydroxylation is 2. The highest BCUT2D eigenvalue weighted by Gasteiger charge is 2.23. The van der Waals surface area contributed by atoms with Gasteiger partial charge < -0.3 is 9.80 Å². The highest BCUT2D eigenvalue weighted by atomic mass is 16.2. The lowest BCUT2D eigenvalue weighted by Gasteiger charge is -2.34. The van der Waals surface area contributed by atoms with E-state index in [2.05, 4.69) is 12.1 Å². The van der Waals surface area contributed by atoms with Crippen LogP contribution in [-0.2, 0) is 17.6 Å². The average molecular weight is 286 g/mol. The molecule has 3 rings (SSSR count). The summed E-state index contributed by atoms with van der Waals surface area (Å²) in [5.74, 6) is 0.197. The predicted octanol–water partition coefficient (Wildman–Crippen LogP) is 1.87. The first-order valence-electron chi connectivity index (χ1n) is 7.82. The first-order valence-corrected chi connectivity index (χ1v) is 7.82. The zero-order valence-corrected chi connectivity index (χ0v) is 12.6. The van der Waals surface area contributed by atoms with Crippen LogP contribution in [0.5, 0.6) is 0 Å². The summed E-state index contributed by atoms with van der Waals surface area (Å²) in [6.45, 7) is 4.14. The van der Waals surface area contributed by atoms with Gasteiger partial charge in [0, 0.05) is 38.7 Å². The number of carbonyl (C=O) groups excluding carboxylic acids is 2. The van der Waals surface area contributed by atoms with Crippen molar-refractivity contribution in [2.75, 3.05) is 26.2 Å². The Morgan fingerprint density at radius 2 is 1.52 bits per heavy atom. The van der Waals surface area contributed by atoms with E-state index < -0.39 is 0 Å². The van der Waals surface area contributed by atoms with Crippen molar-refractivity contribution in [3.8, 4) is 0 Å². The van der Waals surface area contributed by atoms with Gasteiger partial charge in [-0.3, -0.25) is 9.59 Å². The molecule has 1 aromatic rings. The summed E-state index contributed by atoms with van der Waals surface area (Å²) in [7, 11) is 0. The highest BCUT2D eigenvalue weighted by molar-refractivity contribution is 5.94. The second kappa shape index (κ2) is 5.88. The normalized spacial score (nSPS) is 18.3. The minimum Gasteiger partial charge on any atom is -0.339 e. The van der Waals surface area contributed by atoms with Crippen molar-refractivity contribution in [3.63, 3.8) is 0 Å². The maximum absolute atomic E-state index is 12.6. The van der Waals surface area contributed by atoms with E-state index in [1.165, 1.54) is 24.0 Å². The van der Waals surface area contributed by atoms with Crippen molar-refractivity contribution in [1.29, 1.82) is 0 Å². The van der Waals surface area contributed by atoms with Crippen molar-refractivity contribution in [3.05, 3.63) is 34.9 Å². The second-order valence-corrected chi connectivity index (χ2v) is 5.99. The van der Waals surface area contributed by atoms with Gasteiger partial charge in [0.2, 0.25) is 5.91 Å². The molecule has 1 fully saturated rings. The molecule has 0 aromatic heterocycles. The van der Waals surface area contributed by atoms with Gasteiger partial charge in [0.05, 0.1) is 0 Å². The molecule has 1 saturated heterocycles. The molecule has 1 aromatic carbocycles. The molecule has 0 radical (unpaired) electrons. The monoisotopic (exact) mass is 286 g/mol. The zero-order chi connectivity index (χ0) is 14.8. The van der Waals surface area contributed by atoms with Crippen LogP contribution in [0.15, 0.2) is 18.2 Å². The number of hydrogen-bond acceptors (Lipinski definition) is 2. The van der Waals surface area contributed by atoms with Crippen LogP contribution in [-0.4, -0.2) is 47.8 Å². The lowest BCUT2D eigenvalue weighted by Crippen LogP contribution is -2.50.